The minimum Gasteiger partial charge on any atom is -0.338 e. The number of likely N-dealkylation sites (tertiary alicyclic amines) is 1. The van der Waals surface area contributed by atoms with Crippen LogP contribution in [0.15, 0.2) is 18.2 Å². The summed E-state index contributed by atoms with van der Waals surface area (Å²) in [6, 6.07) is 4.83. The standard InChI is InChI=1S/C16H23FN2O/c1-2-12-3-4-16(20)19(6-5-12)11-14-7-13(10-18)8-15(17)9-14/h7-9,12H,2-6,10-11,18H2,1H3. The van der Waals surface area contributed by atoms with Crippen molar-refractivity contribution in [2.24, 2.45) is 11.7 Å². The van der Waals surface area contributed by atoms with Crippen LogP contribution < -0.4 is 5.73 Å². The highest BCUT2D eigenvalue weighted by molar-refractivity contribution is 5.76. The first kappa shape index (κ1) is 15.0. The molecule has 0 saturated carbocycles. The maximum absolute atomic E-state index is 13.5. The molecule has 0 spiro atoms. The van der Waals surface area contributed by atoms with E-state index in [1.54, 1.807) is 0 Å². The minimum absolute atomic E-state index is 0.180. The first-order chi connectivity index (χ1) is 9.62. The predicted molar refractivity (Wildman–Crippen MR) is 77.3 cm³/mol. The molecule has 0 aromatic heterocycles. The van der Waals surface area contributed by atoms with Crippen molar-refractivity contribution in [3.8, 4) is 0 Å². The maximum Gasteiger partial charge on any atom is 0.222 e. The summed E-state index contributed by atoms with van der Waals surface area (Å²) in [6.45, 7) is 3.74. The van der Waals surface area contributed by atoms with Gasteiger partial charge in [0.1, 0.15) is 5.82 Å². The number of rotatable bonds is 4. The van der Waals surface area contributed by atoms with E-state index < -0.39 is 0 Å². The largest absolute Gasteiger partial charge is 0.338 e. The molecule has 110 valence electrons. The van der Waals surface area contributed by atoms with Crippen LogP contribution in [0.4, 0.5) is 4.39 Å². The van der Waals surface area contributed by atoms with Gasteiger partial charge in [-0.05, 0) is 42.0 Å². The molecule has 1 amide bonds. The Morgan fingerprint density at radius 2 is 2.05 bits per heavy atom. The number of hydrogen-bond acceptors (Lipinski definition) is 2. The minimum atomic E-state index is -0.281. The number of hydrogen-bond donors (Lipinski definition) is 1. The summed E-state index contributed by atoms with van der Waals surface area (Å²) in [6.07, 6.45) is 3.75. The summed E-state index contributed by atoms with van der Waals surface area (Å²) in [5.41, 5.74) is 7.16. The molecule has 1 aromatic rings. The van der Waals surface area contributed by atoms with Gasteiger partial charge in [-0.1, -0.05) is 19.4 Å². The molecule has 2 rings (SSSR count). The Hall–Kier alpha value is -1.42. The zero-order chi connectivity index (χ0) is 14.5. The summed E-state index contributed by atoms with van der Waals surface area (Å²) >= 11 is 0. The van der Waals surface area contributed by atoms with Gasteiger partial charge in [-0.2, -0.15) is 0 Å². The van der Waals surface area contributed by atoms with Gasteiger partial charge >= 0.3 is 0 Å². The van der Waals surface area contributed by atoms with Gasteiger partial charge in [0.25, 0.3) is 0 Å². The van der Waals surface area contributed by atoms with Crippen LogP contribution in [0.3, 0.4) is 0 Å². The highest BCUT2D eigenvalue weighted by Crippen LogP contribution is 2.22. The van der Waals surface area contributed by atoms with Crippen LogP contribution >= 0.6 is 0 Å². The van der Waals surface area contributed by atoms with E-state index in [9.17, 15) is 9.18 Å². The lowest BCUT2D eigenvalue weighted by atomic mass is 9.98. The number of halogens is 1. The molecular formula is C16H23FN2O. The summed E-state index contributed by atoms with van der Waals surface area (Å²) in [7, 11) is 0. The number of amides is 1. The fourth-order valence-corrected chi connectivity index (χ4v) is 2.82. The second-order valence-corrected chi connectivity index (χ2v) is 5.59. The van der Waals surface area contributed by atoms with E-state index >= 15 is 0 Å². The third kappa shape index (κ3) is 3.79. The summed E-state index contributed by atoms with van der Waals surface area (Å²) < 4.78 is 13.5. The average Bonchev–Trinajstić information content (AvgIpc) is 2.61. The normalized spacial score (nSPS) is 20.1. The SMILES string of the molecule is CCC1CCC(=O)N(Cc2cc(F)cc(CN)c2)CC1. The van der Waals surface area contributed by atoms with Gasteiger partial charge in [0.15, 0.2) is 0 Å². The Morgan fingerprint density at radius 3 is 2.75 bits per heavy atom. The molecule has 1 atom stereocenters. The quantitative estimate of drug-likeness (QED) is 0.920. The van der Waals surface area contributed by atoms with Crippen LogP contribution in [0, 0.1) is 11.7 Å². The van der Waals surface area contributed by atoms with Crippen molar-refractivity contribution in [1.29, 1.82) is 0 Å². The molecule has 3 nitrogen and oxygen atoms in total. The number of carbonyl (C=O) groups excluding carboxylic acids is 1. The van der Waals surface area contributed by atoms with Gasteiger partial charge in [0.05, 0.1) is 0 Å². The highest BCUT2D eigenvalue weighted by Gasteiger charge is 2.21. The number of carbonyl (C=O) groups is 1. The molecule has 1 unspecified atom stereocenters. The van der Waals surface area contributed by atoms with Gasteiger partial charge in [-0.3, -0.25) is 4.79 Å². The van der Waals surface area contributed by atoms with Gasteiger partial charge in [0.2, 0.25) is 5.91 Å². The third-order valence-corrected chi connectivity index (χ3v) is 4.13. The van der Waals surface area contributed by atoms with Gasteiger partial charge in [-0.25, -0.2) is 4.39 Å². The lowest BCUT2D eigenvalue weighted by Gasteiger charge is -2.21. The van der Waals surface area contributed by atoms with Crippen molar-refractivity contribution in [2.75, 3.05) is 6.54 Å². The number of nitrogens with zero attached hydrogens (tertiary/aromatic N) is 1. The van der Waals surface area contributed by atoms with Crippen LogP contribution in [0.1, 0.15) is 43.7 Å². The molecule has 0 aliphatic carbocycles. The van der Waals surface area contributed by atoms with Crippen LogP contribution in [-0.2, 0) is 17.9 Å². The Bertz CT molecular complexity index is 476. The van der Waals surface area contributed by atoms with E-state index in [1.165, 1.54) is 12.1 Å². The Morgan fingerprint density at radius 1 is 1.30 bits per heavy atom. The van der Waals surface area contributed by atoms with E-state index in [-0.39, 0.29) is 11.7 Å². The molecule has 0 bridgehead atoms. The van der Waals surface area contributed by atoms with Crippen molar-refractivity contribution in [1.82, 2.24) is 4.90 Å². The molecule has 1 aromatic carbocycles. The molecular weight excluding hydrogens is 255 g/mol. The van der Waals surface area contributed by atoms with Crippen molar-refractivity contribution in [3.63, 3.8) is 0 Å². The summed E-state index contributed by atoms with van der Waals surface area (Å²) in [4.78, 5) is 14.0. The molecule has 0 radical (unpaired) electrons. The maximum atomic E-state index is 13.5. The van der Waals surface area contributed by atoms with Gasteiger partial charge in [0, 0.05) is 26.1 Å². The van der Waals surface area contributed by atoms with E-state index in [4.69, 9.17) is 5.73 Å². The van der Waals surface area contributed by atoms with E-state index in [0.29, 0.717) is 25.4 Å². The van der Waals surface area contributed by atoms with E-state index in [0.717, 1.165) is 36.9 Å². The number of nitrogens with two attached hydrogens (primary N) is 1. The molecule has 1 heterocycles. The van der Waals surface area contributed by atoms with Crippen molar-refractivity contribution < 1.29 is 9.18 Å². The van der Waals surface area contributed by atoms with Gasteiger partial charge < -0.3 is 10.6 Å². The highest BCUT2D eigenvalue weighted by atomic mass is 19.1. The second kappa shape index (κ2) is 6.84. The average molecular weight is 278 g/mol. The molecule has 2 N–H and O–H groups in total. The fraction of sp³-hybridized carbons (Fsp3) is 0.562. The van der Waals surface area contributed by atoms with Crippen LogP contribution in [-0.4, -0.2) is 17.4 Å². The first-order valence-corrected chi connectivity index (χ1v) is 7.38. The fourth-order valence-electron chi connectivity index (χ4n) is 2.82. The van der Waals surface area contributed by atoms with E-state index in [1.807, 2.05) is 11.0 Å². The molecule has 1 aliphatic heterocycles. The number of benzene rings is 1. The van der Waals surface area contributed by atoms with Crippen LogP contribution in [0.5, 0.6) is 0 Å². The Labute approximate surface area is 120 Å². The Kier molecular flexibility index (Phi) is 5.12. The van der Waals surface area contributed by atoms with Crippen LogP contribution in [0.25, 0.3) is 0 Å². The molecule has 1 saturated heterocycles. The summed E-state index contributed by atoms with van der Waals surface area (Å²) in [5.74, 6) is 0.534. The summed E-state index contributed by atoms with van der Waals surface area (Å²) in [5, 5.41) is 0. The molecule has 1 fully saturated rings. The lowest BCUT2D eigenvalue weighted by molar-refractivity contribution is -0.131. The molecule has 4 heteroatoms. The second-order valence-electron chi connectivity index (χ2n) is 5.59. The first-order valence-electron chi connectivity index (χ1n) is 7.38. The Balaban J connectivity index is 2.08. The molecule has 20 heavy (non-hydrogen) atoms. The topological polar surface area (TPSA) is 46.3 Å². The van der Waals surface area contributed by atoms with Crippen molar-refractivity contribution in [2.45, 2.75) is 45.7 Å². The van der Waals surface area contributed by atoms with Crippen LogP contribution in [0.2, 0.25) is 0 Å². The van der Waals surface area contributed by atoms with Gasteiger partial charge in [-0.15, -0.1) is 0 Å². The third-order valence-electron chi connectivity index (χ3n) is 4.13. The monoisotopic (exact) mass is 278 g/mol. The molecule has 1 aliphatic rings. The zero-order valence-electron chi connectivity index (χ0n) is 12.1. The van der Waals surface area contributed by atoms with Crippen molar-refractivity contribution in [3.05, 3.63) is 35.1 Å². The smallest absolute Gasteiger partial charge is 0.222 e. The zero-order valence-corrected chi connectivity index (χ0v) is 12.1. The predicted octanol–water partition coefficient (Wildman–Crippen LogP) is 2.82. The lowest BCUT2D eigenvalue weighted by Crippen LogP contribution is -2.29. The van der Waals surface area contributed by atoms with Crippen molar-refractivity contribution >= 4 is 5.91 Å². The van der Waals surface area contributed by atoms with E-state index in [2.05, 4.69) is 6.92 Å².